The van der Waals surface area contributed by atoms with E-state index in [1.54, 1.807) is 6.92 Å². The van der Waals surface area contributed by atoms with E-state index in [0.29, 0.717) is 19.4 Å². The summed E-state index contributed by atoms with van der Waals surface area (Å²) < 4.78 is 38.5. The number of nitrogens with zero attached hydrogens (tertiary/aromatic N) is 2. The molecule has 2 aliphatic heterocycles. The number of fused-ring (bicyclic) bond motifs is 1. The second kappa shape index (κ2) is 9.83. The molecule has 0 saturated carbocycles. The normalized spacial score (nSPS) is 19.5. The third kappa shape index (κ3) is 5.77. The topological polar surface area (TPSA) is 35.6 Å². The first-order valence-electron chi connectivity index (χ1n) is 9.80. The monoisotopic (exact) mass is 419 g/mol. The summed E-state index contributed by atoms with van der Waals surface area (Å²) in [6, 6.07) is 6.27. The molecule has 28 heavy (non-hydrogen) atoms. The van der Waals surface area contributed by atoms with Crippen molar-refractivity contribution in [1.82, 2.24) is 9.80 Å². The van der Waals surface area contributed by atoms with E-state index >= 15 is 0 Å². The molecule has 2 aliphatic rings. The van der Waals surface area contributed by atoms with Crippen molar-refractivity contribution in [2.45, 2.75) is 45.3 Å². The largest absolute Gasteiger partial charge is 0.406 e. The lowest BCUT2D eigenvalue weighted by molar-refractivity contribution is -0.164. The number of rotatable bonds is 6. The standard InChI is InChI=1S/C20H28F3N3O.ClH/c1-2-10-26(14-20(21,22)23)19(27)17-7-4-11-25(13-17)12-16-6-3-5-15-8-9-24-18(15)16;/h3,5-6,17,24H,2,4,7-14H2,1H3;1H. The van der Waals surface area contributed by atoms with Crippen LogP contribution >= 0.6 is 12.4 Å². The molecule has 0 aromatic heterocycles. The molecular weight excluding hydrogens is 391 g/mol. The molecule has 158 valence electrons. The van der Waals surface area contributed by atoms with E-state index < -0.39 is 12.7 Å². The summed E-state index contributed by atoms with van der Waals surface area (Å²) in [4.78, 5) is 15.9. The molecule has 1 fully saturated rings. The Balaban J connectivity index is 0.00000280. The molecule has 1 N–H and O–H groups in total. The number of nitrogens with one attached hydrogen (secondary N) is 1. The van der Waals surface area contributed by atoms with Crippen LogP contribution < -0.4 is 5.32 Å². The molecule has 0 aliphatic carbocycles. The van der Waals surface area contributed by atoms with Crippen molar-refractivity contribution >= 4 is 24.0 Å². The Bertz CT molecular complexity index is 669. The first-order valence-corrected chi connectivity index (χ1v) is 9.80. The van der Waals surface area contributed by atoms with E-state index in [1.807, 2.05) is 0 Å². The summed E-state index contributed by atoms with van der Waals surface area (Å²) >= 11 is 0. The zero-order valence-corrected chi connectivity index (χ0v) is 17.0. The summed E-state index contributed by atoms with van der Waals surface area (Å²) in [5.41, 5.74) is 3.71. The van der Waals surface area contributed by atoms with Crippen LogP contribution in [0.1, 0.15) is 37.3 Å². The van der Waals surface area contributed by atoms with Gasteiger partial charge in [0.25, 0.3) is 0 Å². The van der Waals surface area contributed by atoms with Gasteiger partial charge in [0, 0.05) is 31.9 Å². The van der Waals surface area contributed by atoms with Crippen molar-refractivity contribution in [3.8, 4) is 0 Å². The number of piperidine rings is 1. The number of halogens is 4. The third-order valence-corrected chi connectivity index (χ3v) is 5.36. The highest BCUT2D eigenvalue weighted by Crippen LogP contribution is 2.29. The zero-order valence-electron chi connectivity index (χ0n) is 16.2. The predicted molar refractivity (Wildman–Crippen MR) is 107 cm³/mol. The molecular formula is C20H29ClF3N3O. The molecule has 8 heteroatoms. The van der Waals surface area contributed by atoms with Crippen LogP contribution in [0.3, 0.4) is 0 Å². The molecule has 1 unspecified atom stereocenters. The van der Waals surface area contributed by atoms with Crippen molar-refractivity contribution < 1.29 is 18.0 Å². The second-order valence-corrected chi connectivity index (χ2v) is 7.58. The molecule has 0 bridgehead atoms. The molecule has 0 spiro atoms. The van der Waals surface area contributed by atoms with Gasteiger partial charge in [-0.25, -0.2) is 0 Å². The number of amides is 1. The van der Waals surface area contributed by atoms with Gasteiger partial charge in [-0.2, -0.15) is 13.2 Å². The lowest BCUT2D eigenvalue weighted by atomic mass is 9.95. The SMILES string of the molecule is CCCN(CC(F)(F)F)C(=O)C1CCCN(Cc2cccc3c2NCC3)C1.Cl. The fourth-order valence-electron chi connectivity index (χ4n) is 4.20. The van der Waals surface area contributed by atoms with Gasteiger partial charge in [0.2, 0.25) is 5.91 Å². The lowest BCUT2D eigenvalue weighted by Crippen LogP contribution is -2.47. The van der Waals surface area contributed by atoms with Gasteiger partial charge in [-0.05, 0) is 43.4 Å². The number of para-hydroxylation sites is 1. The van der Waals surface area contributed by atoms with Crippen molar-refractivity contribution in [3.63, 3.8) is 0 Å². The molecule has 1 aromatic rings. The number of carbonyl (C=O) groups is 1. The van der Waals surface area contributed by atoms with Gasteiger partial charge in [0.1, 0.15) is 6.54 Å². The minimum Gasteiger partial charge on any atom is -0.384 e. The molecule has 2 heterocycles. The van der Waals surface area contributed by atoms with Gasteiger partial charge in [0.05, 0.1) is 5.92 Å². The van der Waals surface area contributed by atoms with Gasteiger partial charge < -0.3 is 10.2 Å². The Morgan fingerprint density at radius 1 is 1.36 bits per heavy atom. The van der Waals surface area contributed by atoms with E-state index in [2.05, 4.69) is 28.4 Å². The number of anilines is 1. The van der Waals surface area contributed by atoms with Crippen LogP contribution in [0.5, 0.6) is 0 Å². The number of hydrogen-bond acceptors (Lipinski definition) is 3. The summed E-state index contributed by atoms with van der Waals surface area (Å²) in [6.07, 6.45) is -1.30. The highest BCUT2D eigenvalue weighted by atomic mass is 35.5. The van der Waals surface area contributed by atoms with Crippen molar-refractivity contribution in [2.75, 3.05) is 38.0 Å². The fraction of sp³-hybridized carbons (Fsp3) is 0.650. The van der Waals surface area contributed by atoms with E-state index in [9.17, 15) is 18.0 Å². The number of alkyl halides is 3. The number of hydrogen-bond donors (Lipinski definition) is 1. The van der Waals surface area contributed by atoms with Gasteiger partial charge in [-0.15, -0.1) is 12.4 Å². The Hall–Kier alpha value is -1.47. The smallest absolute Gasteiger partial charge is 0.384 e. The molecule has 3 rings (SSSR count). The van der Waals surface area contributed by atoms with Gasteiger partial charge in [0.15, 0.2) is 0 Å². The van der Waals surface area contributed by atoms with Crippen molar-refractivity contribution in [3.05, 3.63) is 29.3 Å². The van der Waals surface area contributed by atoms with Crippen LogP contribution in [0.15, 0.2) is 18.2 Å². The van der Waals surface area contributed by atoms with Crippen LogP contribution in [0, 0.1) is 5.92 Å². The van der Waals surface area contributed by atoms with Gasteiger partial charge in [-0.1, -0.05) is 25.1 Å². The quantitative estimate of drug-likeness (QED) is 0.754. The molecule has 1 aromatic carbocycles. The van der Waals surface area contributed by atoms with Crippen LogP contribution in [-0.4, -0.2) is 54.6 Å². The number of likely N-dealkylation sites (tertiary alicyclic amines) is 1. The minimum atomic E-state index is -4.35. The highest BCUT2D eigenvalue weighted by molar-refractivity contribution is 5.85. The maximum absolute atomic E-state index is 12.8. The third-order valence-electron chi connectivity index (χ3n) is 5.36. The highest BCUT2D eigenvalue weighted by Gasteiger charge is 2.36. The summed E-state index contributed by atoms with van der Waals surface area (Å²) in [7, 11) is 0. The number of carbonyl (C=O) groups excluding carboxylic acids is 1. The number of benzene rings is 1. The van der Waals surface area contributed by atoms with Crippen LogP contribution in [-0.2, 0) is 17.8 Å². The Labute approximate surface area is 170 Å². The molecule has 4 nitrogen and oxygen atoms in total. The minimum absolute atomic E-state index is 0. The summed E-state index contributed by atoms with van der Waals surface area (Å²) in [5, 5.41) is 3.43. The fourth-order valence-corrected chi connectivity index (χ4v) is 4.20. The van der Waals surface area contributed by atoms with Crippen LogP contribution in [0.4, 0.5) is 18.9 Å². The van der Waals surface area contributed by atoms with E-state index in [0.717, 1.165) is 37.4 Å². The average molecular weight is 420 g/mol. The van der Waals surface area contributed by atoms with Crippen LogP contribution in [0.25, 0.3) is 0 Å². The Morgan fingerprint density at radius 2 is 2.14 bits per heavy atom. The molecule has 1 atom stereocenters. The van der Waals surface area contributed by atoms with E-state index in [4.69, 9.17) is 0 Å². The van der Waals surface area contributed by atoms with Crippen molar-refractivity contribution in [1.29, 1.82) is 0 Å². The molecule has 1 saturated heterocycles. The van der Waals surface area contributed by atoms with Crippen LogP contribution in [0.2, 0.25) is 0 Å². The Kier molecular flexibility index (Phi) is 8.01. The molecule has 0 radical (unpaired) electrons. The van der Waals surface area contributed by atoms with Crippen molar-refractivity contribution in [2.24, 2.45) is 5.92 Å². The predicted octanol–water partition coefficient (Wildman–Crippen LogP) is 4.09. The average Bonchev–Trinajstić information content (AvgIpc) is 3.10. The lowest BCUT2D eigenvalue weighted by Gasteiger charge is -2.35. The maximum atomic E-state index is 12.8. The van der Waals surface area contributed by atoms with E-state index in [1.165, 1.54) is 16.8 Å². The zero-order chi connectivity index (χ0) is 19.4. The van der Waals surface area contributed by atoms with Gasteiger partial charge in [-0.3, -0.25) is 9.69 Å². The molecule has 1 amide bonds. The second-order valence-electron chi connectivity index (χ2n) is 7.58. The van der Waals surface area contributed by atoms with E-state index in [-0.39, 0.29) is 30.8 Å². The Morgan fingerprint density at radius 3 is 2.86 bits per heavy atom. The maximum Gasteiger partial charge on any atom is 0.406 e. The first-order chi connectivity index (χ1) is 12.9. The first kappa shape index (κ1) is 22.8. The summed E-state index contributed by atoms with van der Waals surface area (Å²) in [6.45, 7) is 3.88. The van der Waals surface area contributed by atoms with Gasteiger partial charge >= 0.3 is 6.18 Å². The summed E-state index contributed by atoms with van der Waals surface area (Å²) in [5.74, 6) is -0.701.